The highest BCUT2D eigenvalue weighted by atomic mass is 35.5. The van der Waals surface area contributed by atoms with Gasteiger partial charge in [0.2, 0.25) is 0 Å². The fourth-order valence-electron chi connectivity index (χ4n) is 2.69. The average Bonchev–Trinajstić information content (AvgIpc) is 2.80. The molecule has 3 rings (SSSR count). The monoisotopic (exact) mass is 277 g/mol. The summed E-state index contributed by atoms with van der Waals surface area (Å²) in [5.41, 5.74) is 1.28. The first-order valence-corrected chi connectivity index (χ1v) is 7.25. The second-order valence-corrected chi connectivity index (χ2v) is 5.79. The van der Waals surface area contributed by atoms with Crippen LogP contribution >= 0.6 is 11.6 Å². The molecule has 0 aliphatic carbocycles. The summed E-state index contributed by atoms with van der Waals surface area (Å²) < 4.78 is 2.32. The lowest BCUT2D eigenvalue weighted by molar-refractivity contribution is 0.150. The lowest BCUT2D eigenvalue weighted by Gasteiger charge is -2.32. The molecule has 1 aliphatic heterocycles. The van der Waals surface area contributed by atoms with Crippen molar-refractivity contribution in [2.45, 2.75) is 6.54 Å². The van der Waals surface area contributed by atoms with Crippen molar-refractivity contribution in [1.82, 2.24) is 14.4 Å². The minimum absolute atomic E-state index is 0.810. The molecule has 0 saturated carbocycles. The molecule has 0 radical (unpaired) electrons. The molecule has 0 bridgehead atoms. The van der Waals surface area contributed by atoms with E-state index in [-0.39, 0.29) is 0 Å². The number of likely N-dealkylation sites (N-methyl/N-ethyl adjacent to an activating group) is 1. The molecule has 0 atom stereocenters. The number of aromatic nitrogens is 1. The van der Waals surface area contributed by atoms with Gasteiger partial charge in [0.1, 0.15) is 0 Å². The van der Waals surface area contributed by atoms with Crippen LogP contribution in [0.2, 0.25) is 5.02 Å². The van der Waals surface area contributed by atoms with Crippen LogP contribution in [0.25, 0.3) is 10.9 Å². The lowest BCUT2D eigenvalue weighted by Crippen LogP contribution is -2.45. The van der Waals surface area contributed by atoms with Crippen molar-refractivity contribution >= 4 is 22.5 Å². The van der Waals surface area contributed by atoms with E-state index in [9.17, 15) is 0 Å². The summed E-state index contributed by atoms with van der Waals surface area (Å²) in [6.45, 7) is 6.90. The summed E-state index contributed by atoms with van der Waals surface area (Å²) in [4.78, 5) is 4.94. The zero-order valence-corrected chi connectivity index (χ0v) is 12.1. The quantitative estimate of drug-likeness (QED) is 0.854. The molecule has 0 N–H and O–H groups in total. The van der Waals surface area contributed by atoms with Crippen molar-refractivity contribution in [3.63, 3.8) is 0 Å². The topological polar surface area (TPSA) is 11.4 Å². The fraction of sp³-hybridized carbons (Fsp3) is 0.467. The molecule has 2 aromatic rings. The van der Waals surface area contributed by atoms with Gasteiger partial charge in [0.25, 0.3) is 0 Å². The summed E-state index contributed by atoms with van der Waals surface area (Å²) in [5.74, 6) is 0. The SMILES string of the molecule is CN1CCN(CCn2ccc3cc(Cl)ccc32)CC1. The van der Waals surface area contributed by atoms with Crippen LogP contribution in [0, 0.1) is 0 Å². The summed E-state index contributed by atoms with van der Waals surface area (Å²) in [5, 5.41) is 2.04. The molecule has 0 spiro atoms. The van der Waals surface area contributed by atoms with Crippen LogP contribution in [0.5, 0.6) is 0 Å². The molecule has 2 heterocycles. The third-order valence-corrected chi connectivity index (χ3v) is 4.22. The Morgan fingerprint density at radius 1 is 1.05 bits per heavy atom. The molecule has 1 saturated heterocycles. The van der Waals surface area contributed by atoms with Gasteiger partial charge in [0.05, 0.1) is 0 Å². The first kappa shape index (κ1) is 13.0. The van der Waals surface area contributed by atoms with Crippen molar-refractivity contribution in [2.75, 3.05) is 39.8 Å². The van der Waals surface area contributed by atoms with Crippen molar-refractivity contribution in [3.05, 3.63) is 35.5 Å². The standard InChI is InChI=1S/C15H20ClN3/c1-17-6-8-18(9-7-17)10-11-19-5-4-13-12-14(16)2-3-15(13)19/h2-5,12H,6-11H2,1H3. The Kier molecular flexibility index (Phi) is 3.78. The maximum Gasteiger partial charge on any atom is 0.0481 e. The molecular formula is C15H20ClN3. The van der Waals surface area contributed by atoms with E-state index in [4.69, 9.17) is 11.6 Å². The van der Waals surface area contributed by atoms with Gasteiger partial charge in [-0.2, -0.15) is 0 Å². The number of benzene rings is 1. The Hall–Kier alpha value is -1.03. The Bertz CT molecular complexity index is 556. The van der Waals surface area contributed by atoms with Gasteiger partial charge in [0, 0.05) is 61.4 Å². The highest BCUT2D eigenvalue weighted by Crippen LogP contribution is 2.20. The number of rotatable bonds is 3. The van der Waals surface area contributed by atoms with Gasteiger partial charge in [-0.25, -0.2) is 0 Å². The van der Waals surface area contributed by atoms with Crippen LogP contribution in [-0.2, 0) is 6.54 Å². The van der Waals surface area contributed by atoms with Crippen LogP contribution in [0.15, 0.2) is 30.5 Å². The fourth-order valence-corrected chi connectivity index (χ4v) is 2.87. The number of fused-ring (bicyclic) bond motifs is 1. The van der Waals surface area contributed by atoms with E-state index in [1.165, 1.54) is 37.1 Å². The van der Waals surface area contributed by atoms with Gasteiger partial charge >= 0.3 is 0 Å². The maximum absolute atomic E-state index is 6.02. The van der Waals surface area contributed by atoms with E-state index >= 15 is 0 Å². The summed E-state index contributed by atoms with van der Waals surface area (Å²) in [7, 11) is 2.19. The van der Waals surface area contributed by atoms with Crippen LogP contribution < -0.4 is 0 Å². The third-order valence-electron chi connectivity index (χ3n) is 3.99. The van der Waals surface area contributed by atoms with E-state index in [1.807, 2.05) is 12.1 Å². The first-order valence-electron chi connectivity index (χ1n) is 6.88. The van der Waals surface area contributed by atoms with Crippen LogP contribution in [-0.4, -0.2) is 54.1 Å². The van der Waals surface area contributed by atoms with Crippen LogP contribution in [0.3, 0.4) is 0 Å². The second-order valence-electron chi connectivity index (χ2n) is 5.36. The Morgan fingerprint density at radius 3 is 2.63 bits per heavy atom. The van der Waals surface area contributed by atoms with Crippen LogP contribution in [0.4, 0.5) is 0 Å². The Labute approximate surface area is 119 Å². The minimum atomic E-state index is 0.810. The lowest BCUT2D eigenvalue weighted by atomic mass is 10.2. The smallest absolute Gasteiger partial charge is 0.0481 e. The molecule has 1 aromatic heterocycles. The van der Waals surface area contributed by atoms with Crippen LogP contribution in [0.1, 0.15) is 0 Å². The molecule has 0 amide bonds. The van der Waals surface area contributed by atoms with Gasteiger partial charge in [-0.15, -0.1) is 0 Å². The number of nitrogens with zero attached hydrogens (tertiary/aromatic N) is 3. The molecule has 102 valence electrons. The molecule has 19 heavy (non-hydrogen) atoms. The highest BCUT2D eigenvalue weighted by Gasteiger charge is 2.13. The highest BCUT2D eigenvalue weighted by molar-refractivity contribution is 6.31. The van der Waals surface area contributed by atoms with Crippen molar-refractivity contribution in [1.29, 1.82) is 0 Å². The summed E-state index contributed by atoms with van der Waals surface area (Å²) in [6.07, 6.45) is 2.16. The molecule has 4 heteroatoms. The predicted molar refractivity (Wildman–Crippen MR) is 80.9 cm³/mol. The van der Waals surface area contributed by atoms with Gasteiger partial charge in [0.15, 0.2) is 0 Å². The first-order chi connectivity index (χ1) is 9.22. The van der Waals surface area contributed by atoms with Gasteiger partial charge in [-0.3, -0.25) is 4.90 Å². The minimum Gasteiger partial charge on any atom is -0.346 e. The second kappa shape index (κ2) is 5.53. The van der Waals surface area contributed by atoms with E-state index in [0.717, 1.165) is 18.1 Å². The number of piperazine rings is 1. The van der Waals surface area contributed by atoms with E-state index in [0.29, 0.717) is 0 Å². The number of hydrogen-bond acceptors (Lipinski definition) is 2. The maximum atomic E-state index is 6.02. The Morgan fingerprint density at radius 2 is 1.84 bits per heavy atom. The van der Waals surface area contributed by atoms with Crippen molar-refractivity contribution in [3.8, 4) is 0 Å². The number of hydrogen-bond donors (Lipinski definition) is 0. The van der Waals surface area contributed by atoms with Crippen molar-refractivity contribution < 1.29 is 0 Å². The van der Waals surface area contributed by atoms with Gasteiger partial charge in [-0.05, 0) is 31.3 Å². The van der Waals surface area contributed by atoms with E-state index in [1.54, 1.807) is 0 Å². The largest absolute Gasteiger partial charge is 0.346 e. The third kappa shape index (κ3) is 2.94. The molecule has 1 aliphatic rings. The normalized spacial score (nSPS) is 18.2. The average molecular weight is 278 g/mol. The Balaban J connectivity index is 1.65. The molecule has 1 aromatic carbocycles. The van der Waals surface area contributed by atoms with E-state index in [2.05, 4.69) is 39.7 Å². The number of halogens is 1. The zero-order chi connectivity index (χ0) is 13.2. The predicted octanol–water partition coefficient (Wildman–Crippen LogP) is 2.54. The summed E-state index contributed by atoms with van der Waals surface area (Å²) >= 11 is 6.02. The molecule has 1 fully saturated rings. The molecule has 0 unspecified atom stereocenters. The molecule has 3 nitrogen and oxygen atoms in total. The van der Waals surface area contributed by atoms with E-state index < -0.39 is 0 Å². The summed E-state index contributed by atoms with van der Waals surface area (Å²) in [6, 6.07) is 8.26. The molecular weight excluding hydrogens is 258 g/mol. The van der Waals surface area contributed by atoms with Gasteiger partial charge < -0.3 is 9.47 Å². The van der Waals surface area contributed by atoms with Gasteiger partial charge in [-0.1, -0.05) is 11.6 Å². The zero-order valence-electron chi connectivity index (χ0n) is 11.3. The van der Waals surface area contributed by atoms with Crippen molar-refractivity contribution in [2.24, 2.45) is 0 Å².